The molecular weight excluding hydrogens is 266 g/mol. The number of aliphatic hydroxyl groups excluding tert-OH is 1. The fraction of sp³-hybridized carbons (Fsp3) is 0.462. The molecule has 0 saturated heterocycles. The lowest BCUT2D eigenvalue weighted by molar-refractivity contribution is 0.339. The lowest BCUT2D eigenvalue weighted by Crippen LogP contribution is -2.16. The number of pyridine rings is 1. The minimum Gasteiger partial charge on any atom is -0.491 e. The van der Waals surface area contributed by atoms with Crippen LogP contribution in [0, 0.1) is 11.8 Å². The zero-order chi connectivity index (χ0) is 14.1. The Kier molecular flexibility index (Phi) is 6.33. The molecule has 0 amide bonds. The van der Waals surface area contributed by atoms with E-state index < -0.39 is 9.84 Å². The molecule has 0 aromatic carbocycles. The van der Waals surface area contributed by atoms with Crippen LogP contribution in [0.5, 0.6) is 5.75 Å². The van der Waals surface area contributed by atoms with Crippen molar-refractivity contribution < 1.29 is 18.3 Å². The molecule has 1 aromatic heterocycles. The van der Waals surface area contributed by atoms with Crippen LogP contribution < -0.4 is 4.74 Å². The first kappa shape index (κ1) is 15.5. The first-order valence-corrected chi connectivity index (χ1v) is 7.77. The quantitative estimate of drug-likeness (QED) is 0.775. The van der Waals surface area contributed by atoms with Crippen LogP contribution in [-0.2, 0) is 9.84 Å². The van der Waals surface area contributed by atoms with E-state index in [9.17, 15) is 8.42 Å². The first-order valence-electron chi connectivity index (χ1n) is 5.95. The Labute approximate surface area is 113 Å². The Bertz CT molecular complexity index is 557. The number of hydrogen-bond donors (Lipinski definition) is 1. The van der Waals surface area contributed by atoms with Gasteiger partial charge >= 0.3 is 0 Å². The van der Waals surface area contributed by atoms with Gasteiger partial charge in [-0.1, -0.05) is 18.8 Å². The van der Waals surface area contributed by atoms with E-state index in [0.29, 0.717) is 17.7 Å². The largest absolute Gasteiger partial charge is 0.491 e. The standard InChI is InChI=1S/C13H17NO4S/c1-2-7-19(16,17)8-6-18-13-9-12(4-3-5-15)10-14-11-13/h9-11,15H,2,5-8H2,1H3. The zero-order valence-corrected chi connectivity index (χ0v) is 11.6. The van der Waals surface area contributed by atoms with Crippen molar-refractivity contribution in [2.45, 2.75) is 13.3 Å². The summed E-state index contributed by atoms with van der Waals surface area (Å²) < 4.78 is 28.3. The summed E-state index contributed by atoms with van der Waals surface area (Å²) in [6.07, 6.45) is 3.65. The first-order chi connectivity index (χ1) is 9.07. The fourth-order valence-electron chi connectivity index (χ4n) is 1.41. The molecule has 0 saturated carbocycles. The predicted molar refractivity (Wildman–Crippen MR) is 72.6 cm³/mol. The second kappa shape index (κ2) is 7.77. The highest BCUT2D eigenvalue weighted by Crippen LogP contribution is 2.10. The summed E-state index contributed by atoms with van der Waals surface area (Å²) >= 11 is 0. The monoisotopic (exact) mass is 283 g/mol. The van der Waals surface area contributed by atoms with Crippen LogP contribution in [0.2, 0.25) is 0 Å². The summed E-state index contributed by atoms with van der Waals surface area (Å²) in [6, 6.07) is 1.65. The Morgan fingerprint density at radius 1 is 1.37 bits per heavy atom. The van der Waals surface area contributed by atoms with Gasteiger partial charge in [-0.2, -0.15) is 0 Å². The Balaban J connectivity index is 2.54. The van der Waals surface area contributed by atoms with E-state index in [-0.39, 0.29) is 24.7 Å². The average molecular weight is 283 g/mol. The maximum absolute atomic E-state index is 11.5. The smallest absolute Gasteiger partial charge is 0.153 e. The fourth-order valence-corrected chi connectivity index (χ4v) is 2.57. The highest BCUT2D eigenvalue weighted by atomic mass is 32.2. The number of sulfone groups is 1. The van der Waals surface area contributed by atoms with Crippen LogP contribution in [0.4, 0.5) is 0 Å². The Morgan fingerprint density at radius 3 is 2.84 bits per heavy atom. The number of aliphatic hydroxyl groups is 1. The lowest BCUT2D eigenvalue weighted by atomic mass is 10.3. The minimum absolute atomic E-state index is 0.00656. The number of rotatable bonds is 6. The molecule has 0 fully saturated rings. The van der Waals surface area contributed by atoms with Crippen molar-refractivity contribution in [2.75, 3.05) is 24.7 Å². The molecule has 6 heteroatoms. The third-order valence-electron chi connectivity index (χ3n) is 2.20. The number of aromatic nitrogens is 1. The molecule has 0 aliphatic carbocycles. The van der Waals surface area contributed by atoms with E-state index >= 15 is 0 Å². The third-order valence-corrected chi connectivity index (χ3v) is 4.02. The summed E-state index contributed by atoms with van der Waals surface area (Å²) in [7, 11) is -3.03. The molecule has 0 spiro atoms. The van der Waals surface area contributed by atoms with E-state index in [2.05, 4.69) is 16.8 Å². The van der Waals surface area contributed by atoms with Crippen molar-refractivity contribution in [1.82, 2.24) is 4.98 Å². The van der Waals surface area contributed by atoms with Gasteiger partial charge in [0.05, 0.1) is 17.7 Å². The van der Waals surface area contributed by atoms with Crippen molar-refractivity contribution in [3.8, 4) is 17.6 Å². The van der Waals surface area contributed by atoms with E-state index in [1.54, 1.807) is 12.3 Å². The molecule has 1 N–H and O–H groups in total. The van der Waals surface area contributed by atoms with Crippen LogP contribution in [-0.4, -0.2) is 43.2 Å². The van der Waals surface area contributed by atoms with Gasteiger partial charge in [0.1, 0.15) is 19.0 Å². The third kappa shape index (κ3) is 6.22. The van der Waals surface area contributed by atoms with Gasteiger partial charge in [0.15, 0.2) is 9.84 Å². The molecular formula is C13H17NO4S. The molecule has 0 aliphatic rings. The maximum Gasteiger partial charge on any atom is 0.153 e. The maximum atomic E-state index is 11.5. The lowest BCUT2D eigenvalue weighted by Gasteiger charge is -2.06. The molecule has 0 atom stereocenters. The summed E-state index contributed by atoms with van der Waals surface area (Å²) in [5, 5.41) is 8.59. The van der Waals surface area contributed by atoms with Gasteiger partial charge in [0.25, 0.3) is 0 Å². The summed E-state index contributed by atoms with van der Waals surface area (Å²) in [5.74, 6) is 5.84. The summed E-state index contributed by atoms with van der Waals surface area (Å²) in [6.45, 7) is 1.70. The Morgan fingerprint density at radius 2 is 2.16 bits per heavy atom. The van der Waals surface area contributed by atoms with Crippen LogP contribution in [0.3, 0.4) is 0 Å². The summed E-state index contributed by atoms with van der Waals surface area (Å²) in [5.41, 5.74) is 0.614. The van der Waals surface area contributed by atoms with Crippen molar-refractivity contribution in [2.24, 2.45) is 0 Å². The van der Waals surface area contributed by atoms with E-state index in [1.807, 2.05) is 6.92 Å². The molecule has 0 unspecified atom stereocenters. The second-order valence-corrected chi connectivity index (χ2v) is 6.17. The summed E-state index contributed by atoms with van der Waals surface area (Å²) in [4.78, 5) is 3.93. The van der Waals surface area contributed by atoms with Crippen molar-refractivity contribution >= 4 is 9.84 Å². The van der Waals surface area contributed by atoms with Gasteiger partial charge in [-0.3, -0.25) is 4.98 Å². The van der Waals surface area contributed by atoms with Gasteiger partial charge in [-0.15, -0.1) is 0 Å². The molecule has 0 aliphatic heterocycles. The second-order valence-electron chi connectivity index (χ2n) is 3.87. The van der Waals surface area contributed by atoms with Gasteiger partial charge in [0, 0.05) is 11.8 Å². The molecule has 1 aromatic rings. The molecule has 0 radical (unpaired) electrons. The predicted octanol–water partition coefficient (Wildman–Crippen LogP) is 0.629. The average Bonchev–Trinajstić information content (AvgIpc) is 2.36. The molecule has 19 heavy (non-hydrogen) atoms. The van der Waals surface area contributed by atoms with Gasteiger partial charge in [0.2, 0.25) is 0 Å². The van der Waals surface area contributed by atoms with Crippen molar-refractivity contribution in [1.29, 1.82) is 0 Å². The van der Waals surface area contributed by atoms with E-state index in [1.165, 1.54) is 6.20 Å². The highest BCUT2D eigenvalue weighted by Gasteiger charge is 2.09. The normalized spacial score (nSPS) is 10.6. The van der Waals surface area contributed by atoms with Crippen molar-refractivity contribution in [3.05, 3.63) is 24.0 Å². The topological polar surface area (TPSA) is 76.5 Å². The SMILES string of the molecule is CCCS(=O)(=O)CCOc1cncc(C#CCO)c1. The molecule has 1 heterocycles. The number of nitrogens with zero attached hydrogens (tertiary/aromatic N) is 1. The minimum atomic E-state index is -3.03. The Hall–Kier alpha value is -1.58. The van der Waals surface area contributed by atoms with Gasteiger partial charge < -0.3 is 9.84 Å². The highest BCUT2D eigenvalue weighted by molar-refractivity contribution is 7.91. The van der Waals surface area contributed by atoms with Crippen LogP contribution >= 0.6 is 0 Å². The molecule has 104 valence electrons. The van der Waals surface area contributed by atoms with Gasteiger partial charge in [-0.05, 0) is 12.5 Å². The molecule has 5 nitrogen and oxygen atoms in total. The van der Waals surface area contributed by atoms with Crippen LogP contribution in [0.25, 0.3) is 0 Å². The number of ether oxygens (including phenoxy) is 1. The zero-order valence-electron chi connectivity index (χ0n) is 10.8. The van der Waals surface area contributed by atoms with Gasteiger partial charge in [-0.25, -0.2) is 8.42 Å². The number of hydrogen-bond acceptors (Lipinski definition) is 5. The van der Waals surface area contributed by atoms with Crippen molar-refractivity contribution in [3.63, 3.8) is 0 Å². The van der Waals surface area contributed by atoms with Crippen LogP contribution in [0.15, 0.2) is 18.5 Å². The van der Waals surface area contributed by atoms with Crippen LogP contribution in [0.1, 0.15) is 18.9 Å². The van der Waals surface area contributed by atoms with E-state index in [4.69, 9.17) is 9.84 Å². The van der Waals surface area contributed by atoms with E-state index in [0.717, 1.165) is 0 Å². The molecule has 0 bridgehead atoms. The molecule has 1 rings (SSSR count).